The minimum absolute atomic E-state index is 0.194. The van der Waals surface area contributed by atoms with Crippen LogP contribution >= 0.6 is 34.5 Å². The molecule has 11 heteroatoms. The van der Waals surface area contributed by atoms with E-state index in [0.29, 0.717) is 26.9 Å². The summed E-state index contributed by atoms with van der Waals surface area (Å²) >= 11 is 13.8. The molecule has 0 aliphatic heterocycles. The van der Waals surface area contributed by atoms with Gasteiger partial charge in [-0.2, -0.15) is 5.10 Å². The second-order valence-corrected chi connectivity index (χ2v) is 11.0. The average molecular weight is 631 g/mol. The molecule has 5 rings (SSSR count). The largest absolute Gasteiger partial charge is 0.482 e. The Bertz CT molecular complexity index is 1770. The number of hydrazone groups is 1. The molecule has 8 nitrogen and oxygen atoms in total. The number of ether oxygens (including phenoxy) is 1. The molecule has 3 N–H and O–H groups in total. The number of rotatable bonds is 10. The third kappa shape index (κ3) is 8.20. The van der Waals surface area contributed by atoms with Crippen LogP contribution in [-0.2, 0) is 4.79 Å². The Morgan fingerprint density at radius 1 is 0.977 bits per heavy atom. The van der Waals surface area contributed by atoms with Crippen molar-refractivity contribution in [1.29, 1.82) is 0 Å². The fourth-order valence-corrected chi connectivity index (χ4v) is 5.01. The maximum atomic E-state index is 12.6. The molecule has 216 valence electrons. The number of nitrogens with one attached hydrogen (secondary N) is 3. The monoisotopic (exact) mass is 629 g/mol. The summed E-state index contributed by atoms with van der Waals surface area (Å²) in [6, 6.07) is 26.9. The highest BCUT2D eigenvalue weighted by molar-refractivity contribution is 7.14. The minimum Gasteiger partial charge on any atom is -0.482 e. The Balaban J connectivity index is 1.11. The number of thiazole rings is 1. The van der Waals surface area contributed by atoms with E-state index in [1.807, 2.05) is 73.0 Å². The number of para-hydroxylation sites is 1. The molecule has 4 aromatic carbocycles. The predicted molar refractivity (Wildman–Crippen MR) is 174 cm³/mol. The van der Waals surface area contributed by atoms with Gasteiger partial charge in [-0.25, -0.2) is 10.4 Å². The zero-order valence-electron chi connectivity index (χ0n) is 22.8. The van der Waals surface area contributed by atoms with E-state index >= 15 is 0 Å². The highest BCUT2D eigenvalue weighted by atomic mass is 35.5. The smallest absolute Gasteiger partial charge is 0.271 e. The summed E-state index contributed by atoms with van der Waals surface area (Å²) in [6.07, 6.45) is 1.47. The number of aryl methyl sites for hydroxylation is 1. The molecular weight excluding hydrogens is 605 g/mol. The lowest BCUT2D eigenvalue weighted by molar-refractivity contribution is -0.118. The first-order valence-electron chi connectivity index (χ1n) is 13.0. The second-order valence-electron chi connectivity index (χ2n) is 9.29. The summed E-state index contributed by atoms with van der Waals surface area (Å²) in [7, 11) is 0. The van der Waals surface area contributed by atoms with E-state index in [-0.39, 0.29) is 18.4 Å². The van der Waals surface area contributed by atoms with Crippen molar-refractivity contribution in [1.82, 2.24) is 10.4 Å². The van der Waals surface area contributed by atoms with E-state index in [0.717, 1.165) is 33.3 Å². The van der Waals surface area contributed by atoms with Crippen LogP contribution in [0.25, 0.3) is 11.3 Å². The van der Waals surface area contributed by atoms with Gasteiger partial charge in [0, 0.05) is 32.9 Å². The van der Waals surface area contributed by atoms with E-state index in [4.69, 9.17) is 27.9 Å². The summed E-state index contributed by atoms with van der Waals surface area (Å²) < 4.78 is 5.57. The number of hydrogen-bond acceptors (Lipinski definition) is 7. The Hall–Kier alpha value is -4.70. The number of hydrogen-bond donors (Lipinski definition) is 3. The van der Waals surface area contributed by atoms with Crippen LogP contribution in [0.2, 0.25) is 10.0 Å². The van der Waals surface area contributed by atoms with Crippen molar-refractivity contribution >= 4 is 69.1 Å². The molecule has 0 atom stereocenters. The molecule has 0 aliphatic rings. The topological polar surface area (TPSA) is 105 Å². The maximum absolute atomic E-state index is 12.6. The highest BCUT2D eigenvalue weighted by Gasteiger charge is 2.10. The number of anilines is 3. The number of carbonyl (C=O) groups is 2. The first kappa shape index (κ1) is 29.8. The molecule has 0 bridgehead atoms. The lowest BCUT2D eigenvalue weighted by Crippen LogP contribution is -2.20. The van der Waals surface area contributed by atoms with Crippen LogP contribution < -0.4 is 20.8 Å². The van der Waals surface area contributed by atoms with Gasteiger partial charge in [0.15, 0.2) is 11.7 Å². The molecule has 43 heavy (non-hydrogen) atoms. The van der Waals surface area contributed by atoms with Crippen molar-refractivity contribution < 1.29 is 14.3 Å². The number of benzene rings is 4. The fraction of sp³-hybridized carbons (Fsp3) is 0.0625. The summed E-state index contributed by atoms with van der Waals surface area (Å²) in [6.45, 7) is 1.72. The first-order valence-corrected chi connectivity index (χ1v) is 14.7. The van der Waals surface area contributed by atoms with Crippen LogP contribution in [0.5, 0.6) is 5.75 Å². The van der Waals surface area contributed by atoms with Crippen LogP contribution in [0, 0.1) is 6.92 Å². The molecule has 0 aliphatic carbocycles. The molecule has 0 saturated heterocycles. The quantitative estimate of drug-likeness (QED) is 0.107. The predicted octanol–water partition coefficient (Wildman–Crippen LogP) is 7.95. The Morgan fingerprint density at radius 2 is 1.74 bits per heavy atom. The zero-order valence-corrected chi connectivity index (χ0v) is 25.1. The molecule has 0 saturated carbocycles. The Morgan fingerprint density at radius 3 is 2.49 bits per heavy atom. The van der Waals surface area contributed by atoms with E-state index in [2.05, 4.69) is 26.1 Å². The van der Waals surface area contributed by atoms with Crippen LogP contribution in [0.4, 0.5) is 16.5 Å². The molecule has 2 amide bonds. The highest BCUT2D eigenvalue weighted by Crippen LogP contribution is 2.28. The van der Waals surface area contributed by atoms with Gasteiger partial charge in [-0.3, -0.25) is 9.59 Å². The average Bonchev–Trinajstić information content (AvgIpc) is 3.47. The van der Waals surface area contributed by atoms with Crippen LogP contribution in [0.3, 0.4) is 0 Å². The molecule has 0 radical (unpaired) electrons. The number of amides is 2. The van der Waals surface area contributed by atoms with Crippen molar-refractivity contribution in [2.45, 2.75) is 6.92 Å². The Kier molecular flexibility index (Phi) is 9.68. The van der Waals surface area contributed by atoms with Crippen LogP contribution in [0.15, 0.2) is 101 Å². The van der Waals surface area contributed by atoms with Crippen molar-refractivity contribution in [3.63, 3.8) is 0 Å². The van der Waals surface area contributed by atoms with Crippen molar-refractivity contribution in [2.75, 3.05) is 17.2 Å². The molecule has 0 fully saturated rings. The molecule has 1 heterocycles. The van der Waals surface area contributed by atoms with Crippen molar-refractivity contribution in [3.05, 3.63) is 123 Å². The second kappa shape index (κ2) is 14.0. The minimum atomic E-state index is -0.364. The normalized spacial score (nSPS) is 10.9. The Labute approximate surface area is 262 Å². The van der Waals surface area contributed by atoms with Gasteiger partial charge in [0.1, 0.15) is 5.75 Å². The maximum Gasteiger partial charge on any atom is 0.271 e. The summed E-state index contributed by atoms with van der Waals surface area (Å²) in [5, 5.41) is 13.8. The van der Waals surface area contributed by atoms with E-state index in [1.165, 1.54) is 17.6 Å². The third-order valence-electron chi connectivity index (χ3n) is 6.16. The lowest BCUT2D eigenvalue weighted by Gasteiger charge is -2.10. The number of aromatic nitrogens is 1. The standard InChI is InChI=1S/C32H25Cl2N5O3S/c1-20-4-2-3-5-27(20)37-30(40)18-42-29-15-6-21(16-26(29)34)17-35-39-31(41)23-9-7-22(8-10-23)28-19-43-32(38-28)36-25-13-11-24(33)12-14-25/h2-17,19H,18H2,1H3,(H,36,38)(H,37,40)(H,39,41)/b35-17-. The number of halogens is 2. The molecular formula is C32H25Cl2N5O3S. The first-order chi connectivity index (χ1) is 20.8. The molecule has 1 aromatic heterocycles. The fourth-order valence-electron chi connectivity index (χ4n) is 3.90. The SMILES string of the molecule is Cc1ccccc1NC(=O)COc1ccc(/C=N\NC(=O)c2ccc(-c3csc(Nc4ccc(Cl)cc4)n3)cc2)cc1Cl. The summed E-state index contributed by atoms with van der Waals surface area (Å²) in [5.41, 5.74) is 7.85. The molecule has 0 spiro atoms. The molecule has 5 aromatic rings. The van der Waals surface area contributed by atoms with Crippen molar-refractivity contribution in [3.8, 4) is 17.0 Å². The summed E-state index contributed by atoms with van der Waals surface area (Å²) in [5.74, 6) is -0.304. The van der Waals surface area contributed by atoms with Gasteiger partial charge in [0.25, 0.3) is 11.8 Å². The summed E-state index contributed by atoms with van der Waals surface area (Å²) in [4.78, 5) is 29.5. The number of nitrogens with zero attached hydrogens (tertiary/aromatic N) is 2. The van der Waals surface area contributed by atoms with E-state index in [1.54, 1.807) is 30.3 Å². The van der Waals surface area contributed by atoms with Gasteiger partial charge in [0.05, 0.1) is 16.9 Å². The van der Waals surface area contributed by atoms with Gasteiger partial charge < -0.3 is 15.4 Å². The zero-order chi connectivity index (χ0) is 30.2. The van der Waals surface area contributed by atoms with Gasteiger partial charge >= 0.3 is 0 Å². The lowest BCUT2D eigenvalue weighted by atomic mass is 10.1. The van der Waals surface area contributed by atoms with Crippen LogP contribution in [0.1, 0.15) is 21.5 Å². The third-order valence-corrected chi connectivity index (χ3v) is 7.46. The van der Waals surface area contributed by atoms with Crippen LogP contribution in [-0.4, -0.2) is 29.6 Å². The van der Waals surface area contributed by atoms with Crippen molar-refractivity contribution in [2.24, 2.45) is 5.10 Å². The van der Waals surface area contributed by atoms with Gasteiger partial charge in [0.2, 0.25) is 0 Å². The van der Waals surface area contributed by atoms with Gasteiger partial charge in [-0.1, -0.05) is 53.5 Å². The number of carbonyl (C=O) groups excluding carboxylic acids is 2. The van der Waals surface area contributed by atoms with Gasteiger partial charge in [-0.15, -0.1) is 11.3 Å². The molecule has 0 unspecified atom stereocenters. The van der Waals surface area contributed by atoms with Gasteiger partial charge in [-0.05, 0) is 78.7 Å². The van der Waals surface area contributed by atoms with E-state index < -0.39 is 0 Å². The van der Waals surface area contributed by atoms with E-state index in [9.17, 15) is 9.59 Å².